The van der Waals surface area contributed by atoms with Crippen molar-refractivity contribution in [3.63, 3.8) is 0 Å². The summed E-state index contributed by atoms with van der Waals surface area (Å²) in [7, 11) is 0. The highest BCUT2D eigenvalue weighted by molar-refractivity contribution is 5.36. The number of aromatic amines is 1. The average Bonchev–Trinajstić information content (AvgIpc) is 2.63. The molecule has 3 heterocycles. The van der Waals surface area contributed by atoms with Gasteiger partial charge in [-0.2, -0.15) is 0 Å². The van der Waals surface area contributed by atoms with E-state index in [2.05, 4.69) is 21.7 Å². The summed E-state index contributed by atoms with van der Waals surface area (Å²) in [5.74, 6) is 1.66. The van der Waals surface area contributed by atoms with Gasteiger partial charge in [-0.05, 0) is 31.2 Å². The van der Waals surface area contributed by atoms with E-state index in [4.69, 9.17) is 4.98 Å². The first-order chi connectivity index (χ1) is 12.6. The van der Waals surface area contributed by atoms with E-state index >= 15 is 0 Å². The summed E-state index contributed by atoms with van der Waals surface area (Å²) in [5, 5.41) is 10.0. The van der Waals surface area contributed by atoms with E-state index < -0.39 is 0 Å². The van der Waals surface area contributed by atoms with Crippen molar-refractivity contribution in [3.05, 3.63) is 51.4 Å². The molecule has 2 aromatic rings. The maximum Gasteiger partial charge on any atom is 0.255 e. The summed E-state index contributed by atoms with van der Waals surface area (Å²) in [6, 6.07) is 7.42. The van der Waals surface area contributed by atoms with Gasteiger partial charge in [0.15, 0.2) is 0 Å². The number of nitrogens with zero attached hydrogens (tertiary/aromatic N) is 3. The molecule has 1 atom stereocenters. The van der Waals surface area contributed by atoms with Crippen molar-refractivity contribution in [3.8, 4) is 5.75 Å². The van der Waals surface area contributed by atoms with Gasteiger partial charge in [0.1, 0.15) is 5.75 Å². The van der Waals surface area contributed by atoms with Crippen molar-refractivity contribution in [1.82, 2.24) is 14.9 Å². The third kappa shape index (κ3) is 3.46. The monoisotopic (exact) mass is 354 g/mol. The molecule has 4 rings (SSSR count). The van der Waals surface area contributed by atoms with Gasteiger partial charge in [-0.3, -0.25) is 14.7 Å². The normalized spacial score (nSPS) is 20.8. The summed E-state index contributed by atoms with van der Waals surface area (Å²) in [6.07, 6.45) is 3.07. The standard InChI is InChI=1S/C20H26N4O2/c1-14-5-4-9-24(11-14)20-21-17-13-23(10-8-16(17)19(26)22-20)12-15-6-2-3-7-18(15)25/h2-3,6-7,14,25H,4-5,8-13H2,1H3,(H,21,22,26)/t14-/m0/s1. The van der Waals surface area contributed by atoms with Crippen LogP contribution in [-0.2, 0) is 19.5 Å². The van der Waals surface area contributed by atoms with Crippen molar-refractivity contribution < 1.29 is 5.11 Å². The van der Waals surface area contributed by atoms with Crippen LogP contribution in [0.2, 0.25) is 0 Å². The van der Waals surface area contributed by atoms with Crippen molar-refractivity contribution in [2.75, 3.05) is 24.5 Å². The zero-order valence-electron chi connectivity index (χ0n) is 15.2. The lowest BCUT2D eigenvalue weighted by atomic mass is 10.0. The van der Waals surface area contributed by atoms with E-state index in [1.165, 1.54) is 6.42 Å². The molecule has 0 amide bonds. The van der Waals surface area contributed by atoms with Gasteiger partial charge >= 0.3 is 0 Å². The molecule has 0 radical (unpaired) electrons. The van der Waals surface area contributed by atoms with Crippen molar-refractivity contribution in [2.45, 2.75) is 39.3 Å². The molecule has 0 spiro atoms. The molecule has 1 aromatic heterocycles. The van der Waals surface area contributed by atoms with E-state index in [-0.39, 0.29) is 5.56 Å². The Bertz CT molecular complexity index is 848. The predicted molar refractivity (Wildman–Crippen MR) is 101 cm³/mol. The molecule has 6 heteroatoms. The number of fused-ring (bicyclic) bond motifs is 1. The first-order valence-electron chi connectivity index (χ1n) is 9.46. The van der Waals surface area contributed by atoms with Gasteiger partial charge in [0.25, 0.3) is 5.56 Å². The zero-order valence-corrected chi connectivity index (χ0v) is 15.2. The molecule has 138 valence electrons. The fourth-order valence-corrected chi connectivity index (χ4v) is 4.03. The summed E-state index contributed by atoms with van der Waals surface area (Å²) in [6.45, 7) is 6.25. The van der Waals surface area contributed by atoms with Gasteiger partial charge in [0.2, 0.25) is 5.95 Å². The topological polar surface area (TPSA) is 72.5 Å². The number of piperidine rings is 1. The minimum atomic E-state index is 0.00503. The Balaban J connectivity index is 1.56. The average molecular weight is 354 g/mol. The predicted octanol–water partition coefficient (Wildman–Crippen LogP) is 2.27. The summed E-state index contributed by atoms with van der Waals surface area (Å²) in [4.78, 5) is 24.8. The van der Waals surface area contributed by atoms with E-state index in [1.807, 2.05) is 18.2 Å². The van der Waals surface area contributed by atoms with Crippen LogP contribution in [0.3, 0.4) is 0 Å². The van der Waals surface area contributed by atoms with Crippen LogP contribution in [0.15, 0.2) is 29.1 Å². The number of phenolic OH excluding ortho intramolecular Hbond substituents is 1. The molecule has 26 heavy (non-hydrogen) atoms. The third-order valence-corrected chi connectivity index (χ3v) is 5.48. The van der Waals surface area contributed by atoms with Gasteiger partial charge in [-0.15, -0.1) is 0 Å². The number of aromatic hydroxyl groups is 1. The number of H-pyrrole nitrogens is 1. The minimum absolute atomic E-state index is 0.00503. The molecule has 0 aliphatic carbocycles. The van der Waals surface area contributed by atoms with Crippen LogP contribution >= 0.6 is 0 Å². The van der Waals surface area contributed by atoms with E-state index in [0.29, 0.717) is 37.1 Å². The van der Waals surface area contributed by atoms with Crippen molar-refractivity contribution in [1.29, 1.82) is 0 Å². The maximum absolute atomic E-state index is 12.5. The third-order valence-electron chi connectivity index (χ3n) is 5.48. The highest BCUT2D eigenvalue weighted by Crippen LogP contribution is 2.24. The highest BCUT2D eigenvalue weighted by Gasteiger charge is 2.24. The molecule has 2 aliphatic heterocycles. The van der Waals surface area contributed by atoms with Crippen LogP contribution < -0.4 is 10.5 Å². The lowest BCUT2D eigenvalue weighted by molar-refractivity contribution is 0.237. The number of hydrogen-bond donors (Lipinski definition) is 2. The number of benzene rings is 1. The summed E-state index contributed by atoms with van der Waals surface area (Å²) < 4.78 is 0. The Kier molecular flexibility index (Phi) is 4.68. The Labute approximate surface area is 153 Å². The first-order valence-corrected chi connectivity index (χ1v) is 9.46. The number of rotatable bonds is 3. The molecule has 2 N–H and O–H groups in total. The van der Waals surface area contributed by atoms with Crippen LogP contribution in [0.25, 0.3) is 0 Å². The van der Waals surface area contributed by atoms with E-state index in [9.17, 15) is 9.90 Å². The molecule has 1 aromatic carbocycles. The van der Waals surface area contributed by atoms with Gasteiger partial charge in [-0.1, -0.05) is 25.1 Å². The quantitative estimate of drug-likeness (QED) is 0.885. The van der Waals surface area contributed by atoms with E-state index in [0.717, 1.165) is 42.9 Å². The lowest BCUT2D eigenvalue weighted by Gasteiger charge is -2.33. The second-order valence-corrected chi connectivity index (χ2v) is 7.60. The van der Waals surface area contributed by atoms with E-state index in [1.54, 1.807) is 6.07 Å². The number of aromatic nitrogens is 2. The van der Waals surface area contributed by atoms with Crippen LogP contribution in [0.1, 0.15) is 36.6 Å². The zero-order chi connectivity index (χ0) is 18.1. The Hall–Kier alpha value is -2.34. The number of nitrogens with one attached hydrogen (secondary N) is 1. The van der Waals surface area contributed by atoms with Crippen LogP contribution in [0.4, 0.5) is 5.95 Å². The molecule has 1 fully saturated rings. The fourth-order valence-electron chi connectivity index (χ4n) is 4.03. The number of anilines is 1. The molecular formula is C20H26N4O2. The van der Waals surface area contributed by atoms with Crippen LogP contribution in [0.5, 0.6) is 5.75 Å². The van der Waals surface area contributed by atoms with Gasteiger partial charge in [0, 0.05) is 43.9 Å². The molecule has 2 aliphatic rings. The highest BCUT2D eigenvalue weighted by atomic mass is 16.3. The molecule has 6 nitrogen and oxygen atoms in total. The Morgan fingerprint density at radius 3 is 2.96 bits per heavy atom. The Morgan fingerprint density at radius 2 is 2.15 bits per heavy atom. The molecule has 0 unspecified atom stereocenters. The maximum atomic E-state index is 12.5. The largest absolute Gasteiger partial charge is 0.508 e. The minimum Gasteiger partial charge on any atom is -0.508 e. The van der Waals surface area contributed by atoms with Gasteiger partial charge in [0.05, 0.1) is 5.69 Å². The van der Waals surface area contributed by atoms with Crippen molar-refractivity contribution in [2.24, 2.45) is 5.92 Å². The summed E-state index contributed by atoms with van der Waals surface area (Å²) in [5.41, 5.74) is 2.60. The molecule has 0 bridgehead atoms. The second-order valence-electron chi connectivity index (χ2n) is 7.60. The van der Waals surface area contributed by atoms with Crippen LogP contribution in [0, 0.1) is 5.92 Å². The molecule has 0 saturated carbocycles. The number of para-hydroxylation sites is 1. The van der Waals surface area contributed by atoms with Crippen molar-refractivity contribution >= 4 is 5.95 Å². The van der Waals surface area contributed by atoms with Gasteiger partial charge < -0.3 is 10.0 Å². The number of phenols is 1. The first kappa shape index (κ1) is 17.1. The Morgan fingerprint density at radius 1 is 1.31 bits per heavy atom. The molecular weight excluding hydrogens is 328 g/mol. The summed E-state index contributed by atoms with van der Waals surface area (Å²) >= 11 is 0. The van der Waals surface area contributed by atoms with Gasteiger partial charge in [-0.25, -0.2) is 4.98 Å². The lowest BCUT2D eigenvalue weighted by Crippen LogP contribution is -2.39. The van der Waals surface area contributed by atoms with Crippen LogP contribution in [-0.4, -0.2) is 39.6 Å². The number of hydrogen-bond acceptors (Lipinski definition) is 5. The fraction of sp³-hybridized carbons (Fsp3) is 0.500. The molecule has 1 saturated heterocycles. The second kappa shape index (κ2) is 7.11. The SMILES string of the molecule is C[C@H]1CCCN(c2nc3c(c(=O)[nH]2)CCN(Cc2ccccc2O)C3)C1. The smallest absolute Gasteiger partial charge is 0.255 e.